The van der Waals surface area contributed by atoms with E-state index in [2.05, 4.69) is 9.72 Å². The minimum atomic E-state index is -4.48. The van der Waals surface area contributed by atoms with Crippen molar-refractivity contribution < 1.29 is 26.7 Å². The fraction of sp³-hybridized carbons (Fsp3) is 0.450. The fourth-order valence-corrected chi connectivity index (χ4v) is 3.52. The molecular formula is C20H21F5N2O. The molecule has 0 N–H and O–H groups in total. The van der Waals surface area contributed by atoms with Gasteiger partial charge in [-0.15, -0.1) is 0 Å². The maximum absolute atomic E-state index is 12.7. The van der Waals surface area contributed by atoms with Gasteiger partial charge in [0.25, 0.3) is 0 Å². The summed E-state index contributed by atoms with van der Waals surface area (Å²) in [4.78, 5) is 5.54. The number of halogens is 5. The number of alkyl halides is 5. The van der Waals surface area contributed by atoms with E-state index in [9.17, 15) is 22.0 Å². The molecule has 8 heteroatoms. The van der Waals surface area contributed by atoms with Crippen molar-refractivity contribution in [3.8, 4) is 0 Å². The molecule has 1 aromatic heterocycles. The number of piperidine rings is 1. The van der Waals surface area contributed by atoms with Crippen LogP contribution in [0, 0.1) is 6.92 Å². The van der Waals surface area contributed by atoms with E-state index in [-0.39, 0.29) is 18.6 Å². The highest BCUT2D eigenvalue weighted by molar-refractivity contribution is 5.50. The number of rotatable bonds is 5. The van der Waals surface area contributed by atoms with Crippen molar-refractivity contribution in [1.82, 2.24) is 4.98 Å². The topological polar surface area (TPSA) is 25.4 Å². The lowest BCUT2D eigenvalue weighted by Gasteiger charge is -2.41. The molecule has 0 saturated carbocycles. The third-order valence-electron chi connectivity index (χ3n) is 5.03. The number of aromatic nitrogens is 1. The molecule has 0 aliphatic carbocycles. The first-order valence-corrected chi connectivity index (χ1v) is 9.00. The minimum Gasteiger partial charge on any atom is -0.366 e. The Labute approximate surface area is 160 Å². The lowest BCUT2D eigenvalue weighted by Crippen LogP contribution is -2.45. The Morgan fingerprint density at radius 1 is 1.11 bits per heavy atom. The largest absolute Gasteiger partial charge is 0.433 e. The van der Waals surface area contributed by atoms with Gasteiger partial charge in [-0.25, -0.2) is 0 Å². The zero-order valence-electron chi connectivity index (χ0n) is 15.3. The van der Waals surface area contributed by atoms with Crippen molar-refractivity contribution in [1.29, 1.82) is 0 Å². The number of anilines is 1. The Bertz CT molecular complexity index is 762. The summed E-state index contributed by atoms with van der Waals surface area (Å²) < 4.78 is 67.8. The first kappa shape index (κ1) is 20.5. The van der Waals surface area contributed by atoms with Crippen LogP contribution >= 0.6 is 0 Å². The van der Waals surface area contributed by atoms with Crippen molar-refractivity contribution in [2.75, 3.05) is 18.1 Å². The molecule has 2 unspecified atom stereocenters. The monoisotopic (exact) mass is 400 g/mol. The molecule has 3 nitrogen and oxygen atoms in total. The Morgan fingerprint density at radius 3 is 2.39 bits per heavy atom. The highest BCUT2D eigenvalue weighted by atomic mass is 19.4. The second-order valence-corrected chi connectivity index (χ2v) is 6.98. The van der Waals surface area contributed by atoms with Gasteiger partial charge < -0.3 is 9.64 Å². The van der Waals surface area contributed by atoms with Crippen LogP contribution in [0.1, 0.15) is 35.6 Å². The predicted molar refractivity (Wildman–Crippen MR) is 95.5 cm³/mol. The number of hydrogen-bond acceptors (Lipinski definition) is 3. The van der Waals surface area contributed by atoms with E-state index in [4.69, 9.17) is 0 Å². The molecule has 1 aliphatic heterocycles. The Balaban J connectivity index is 1.80. The van der Waals surface area contributed by atoms with Crippen LogP contribution in [-0.4, -0.2) is 30.8 Å². The second kappa shape index (κ2) is 8.43. The lowest BCUT2D eigenvalue weighted by molar-refractivity contribution is -0.141. The van der Waals surface area contributed by atoms with Crippen LogP contribution < -0.4 is 4.90 Å². The van der Waals surface area contributed by atoms with Crippen LogP contribution in [0.15, 0.2) is 42.6 Å². The molecule has 0 bridgehead atoms. The van der Waals surface area contributed by atoms with Gasteiger partial charge in [0.1, 0.15) is 5.69 Å². The van der Waals surface area contributed by atoms with E-state index >= 15 is 0 Å². The van der Waals surface area contributed by atoms with Crippen LogP contribution in [0.4, 0.5) is 27.6 Å². The van der Waals surface area contributed by atoms with Crippen LogP contribution in [-0.2, 0) is 10.9 Å². The molecule has 152 valence electrons. The summed E-state index contributed by atoms with van der Waals surface area (Å²) in [6.07, 6.45) is -1.97. The quantitative estimate of drug-likeness (QED) is 0.629. The molecule has 2 atom stereocenters. The Kier molecular flexibility index (Phi) is 6.17. The van der Waals surface area contributed by atoms with Crippen LogP contribution in [0.25, 0.3) is 0 Å². The van der Waals surface area contributed by atoms with Crippen molar-refractivity contribution in [3.63, 3.8) is 0 Å². The van der Waals surface area contributed by atoms with Gasteiger partial charge >= 0.3 is 12.8 Å². The maximum atomic E-state index is 12.7. The molecule has 1 aromatic carbocycles. The fourth-order valence-electron chi connectivity index (χ4n) is 3.52. The average Bonchev–Trinajstić information content (AvgIpc) is 2.66. The molecule has 0 radical (unpaired) electrons. The van der Waals surface area contributed by atoms with E-state index in [1.54, 1.807) is 0 Å². The molecular weight excluding hydrogens is 379 g/mol. The molecule has 3 rings (SSSR count). The van der Waals surface area contributed by atoms with E-state index < -0.39 is 18.5 Å². The van der Waals surface area contributed by atoms with E-state index in [0.29, 0.717) is 24.9 Å². The zero-order chi connectivity index (χ0) is 20.3. The predicted octanol–water partition coefficient (Wildman–Crippen LogP) is 5.40. The van der Waals surface area contributed by atoms with Crippen LogP contribution in [0.3, 0.4) is 0 Å². The number of ether oxygens (including phenoxy) is 1. The van der Waals surface area contributed by atoms with Crippen molar-refractivity contribution in [3.05, 3.63) is 59.4 Å². The standard InChI is InChI=1S/C20H21F5N2O/c1-13-2-6-16(7-3-13)27-11-15(4-8-17(27)12-28-19(21)22)14-5-9-18(26-10-14)20(23,24)25/h2-3,5-7,9-10,15,17,19H,4,8,11-12H2,1H3. The van der Waals surface area contributed by atoms with Gasteiger partial charge in [-0.2, -0.15) is 22.0 Å². The Morgan fingerprint density at radius 2 is 1.82 bits per heavy atom. The zero-order valence-corrected chi connectivity index (χ0v) is 15.3. The number of hydrogen-bond donors (Lipinski definition) is 0. The first-order chi connectivity index (χ1) is 13.2. The van der Waals surface area contributed by atoms with Gasteiger partial charge in [-0.1, -0.05) is 23.8 Å². The first-order valence-electron chi connectivity index (χ1n) is 9.00. The van der Waals surface area contributed by atoms with E-state index in [1.807, 2.05) is 36.1 Å². The third kappa shape index (κ3) is 4.98. The second-order valence-electron chi connectivity index (χ2n) is 6.98. The molecule has 2 heterocycles. The summed E-state index contributed by atoms with van der Waals surface area (Å²) >= 11 is 0. The summed E-state index contributed by atoms with van der Waals surface area (Å²) in [7, 11) is 0. The smallest absolute Gasteiger partial charge is 0.366 e. The summed E-state index contributed by atoms with van der Waals surface area (Å²) in [5.41, 5.74) is 1.73. The van der Waals surface area contributed by atoms with Crippen molar-refractivity contribution >= 4 is 5.69 Å². The van der Waals surface area contributed by atoms with Gasteiger partial charge in [0.05, 0.1) is 12.6 Å². The minimum absolute atomic E-state index is 0.0427. The molecule has 1 saturated heterocycles. The average molecular weight is 400 g/mol. The SMILES string of the molecule is Cc1ccc(N2CC(c3ccc(C(F)(F)F)nc3)CCC2COC(F)F)cc1. The lowest BCUT2D eigenvalue weighted by atomic mass is 9.87. The normalized spacial score (nSPS) is 20.6. The molecule has 1 fully saturated rings. The molecule has 1 aliphatic rings. The van der Waals surface area contributed by atoms with Crippen molar-refractivity contribution in [2.24, 2.45) is 0 Å². The van der Waals surface area contributed by atoms with E-state index in [0.717, 1.165) is 17.3 Å². The number of aryl methyl sites for hydroxylation is 1. The van der Waals surface area contributed by atoms with Gasteiger partial charge in [-0.3, -0.25) is 4.98 Å². The summed E-state index contributed by atoms with van der Waals surface area (Å²) in [6.45, 7) is -0.498. The molecule has 28 heavy (non-hydrogen) atoms. The summed E-state index contributed by atoms with van der Waals surface area (Å²) in [5.74, 6) is -0.0427. The number of benzene rings is 1. The highest BCUT2D eigenvalue weighted by Crippen LogP contribution is 2.35. The molecule has 0 spiro atoms. The maximum Gasteiger partial charge on any atom is 0.433 e. The van der Waals surface area contributed by atoms with Gasteiger partial charge in [0, 0.05) is 24.3 Å². The Hall–Kier alpha value is -2.22. The number of nitrogens with zero attached hydrogens (tertiary/aromatic N) is 2. The van der Waals surface area contributed by atoms with Crippen molar-refractivity contribution in [2.45, 2.75) is 44.5 Å². The third-order valence-corrected chi connectivity index (χ3v) is 5.03. The number of pyridine rings is 1. The van der Waals surface area contributed by atoms with Crippen LogP contribution in [0.5, 0.6) is 0 Å². The molecule has 0 amide bonds. The van der Waals surface area contributed by atoms with Gasteiger partial charge in [0.2, 0.25) is 0 Å². The van der Waals surface area contributed by atoms with Gasteiger partial charge in [0.15, 0.2) is 0 Å². The van der Waals surface area contributed by atoms with Crippen LogP contribution in [0.2, 0.25) is 0 Å². The summed E-state index contributed by atoms with van der Waals surface area (Å²) in [6, 6.07) is 9.90. The van der Waals surface area contributed by atoms with Gasteiger partial charge in [-0.05, 0) is 43.5 Å². The molecule has 2 aromatic rings. The summed E-state index contributed by atoms with van der Waals surface area (Å²) in [5, 5.41) is 0. The van der Waals surface area contributed by atoms with E-state index in [1.165, 1.54) is 12.3 Å². The highest BCUT2D eigenvalue weighted by Gasteiger charge is 2.34.